The third kappa shape index (κ3) is 5.66. The molecule has 0 saturated carbocycles. The van der Waals surface area contributed by atoms with Gasteiger partial charge in [-0.3, -0.25) is 0 Å². The van der Waals surface area contributed by atoms with E-state index in [1.54, 1.807) is 36.4 Å². The number of halogens is 1. The lowest BCUT2D eigenvalue weighted by Gasteiger charge is -2.39. The summed E-state index contributed by atoms with van der Waals surface area (Å²) in [7, 11) is 0. The summed E-state index contributed by atoms with van der Waals surface area (Å²) in [4.78, 5) is 23.9. The molecular formula is C23H25ClO10. The molecule has 1 fully saturated rings. The SMILES string of the molecule is CC(C)(Oc1ccc([C@H](O)c2ccc(Cl)cc2)cc1)C(=O)O[C@H]1O[C@@H](C(=O)O)[C@H](O)[C@@H](O)[C@@H]1O. The molecule has 1 saturated heterocycles. The molecule has 0 amide bonds. The van der Waals surface area contributed by atoms with Gasteiger partial charge in [-0.2, -0.15) is 0 Å². The van der Waals surface area contributed by atoms with Gasteiger partial charge in [-0.1, -0.05) is 35.9 Å². The van der Waals surface area contributed by atoms with Gasteiger partial charge >= 0.3 is 11.9 Å². The van der Waals surface area contributed by atoms with Gasteiger partial charge in [0, 0.05) is 5.02 Å². The third-order valence-electron chi connectivity index (χ3n) is 5.28. The smallest absolute Gasteiger partial charge is 0.352 e. The van der Waals surface area contributed by atoms with Gasteiger partial charge in [0.05, 0.1) is 0 Å². The number of rotatable bonds is 7. The van der Waals surface area contributed by atoms with E-state index in [-0.39, 0.29) is 5.75 Å². The fourth-order valence-corrected chi connectivity index (χ4v) is 3.41. The number of hydrogen-bond donors (Lipinski definition) is 5. The van der Waals surface area contributed by atoms with Crippen molar-refractivity contribution in [2.24, 2.45) is 0 Å². The molecule has 34 heavy (non-hydrogen) atoms. The normalized spacial score (nSPS) is 25.9. The van der Waals surface area contributed by atoms with E-state index in [1.165, 1.54) is 26.0 Å². The van der Waals surface area contributed by atoms with Crippen LogP contribution in [0.3, 0.4) is 0 Å². The van der Waals surface area contributed by atoms with E-state index in [0.29, 0.717) is 16.1 Å². The summed E-state index contributed by atoms with van der Waals surface area (Å²) in [6, 6.07) is 13.0. The Bertz CT molecular complexity index is 1010. The Labute approximate surface area is 199 Å². The van der Waals surface area contributed by atoms with Gasteiger partial charge in [0.25, 0.3) is 0 Å². The van der Waals surface area contributed by atoms with E-state index in [1.807, 2.05) is 0 Å². The van der Waals surface area contributed by atoms with Crippen molar-refractivity contribution in [3.05, 3.63) is 64.7 Å². The quantitative estimate of drug-likeness (QED) is 0.349. The minimum absolute atomic E-state index is 0.262. The number of aliphatic carboxylic acids is 1. The number of benzene rings is 2. The molecule has 0 bridgehead atoms. The second kappa shape index (κ2) is 10.3. The monoisotopic (exact) mass is 496 g/mol. The molecular weight excluding hydrogens is 472 g/mol. The first-order valence-corrected chi connectivity index (χ1v) is 10.6. The molecule has 0 radical (unpaired) electrons. The molecule has 2 aromatic carbocycles. The fraction of sp³-hybridized carbons (Fsp3) is 0.391. The second-order valence-corrected chi connectivity index (χ2v) is 8.71. The number of aliphatic hydroxyl groups excluding tert-OH is 4. The zero-order valence-electron chi connectivity index (χ0n) is 18.2. The lowest BCUT2D eigenvalue weighted by Crippen LogP contribution is -2.61. The van der Waals surface area contributed by atoms with Crippen molar-refractivity contribution in [2.45, 2.75) is 56.3 Å². The number of carboxylic acid groups (broad SMARTS) is 1. The molecule has 0 unspecified atom stereocenters. The Morgan fingerprint density at radius 1 is 0.941 bits per heavy atom. The molecule has 0 spiro atoms. The maximum Gasteiger partial charge on any atom is 0.352 e. The third-order valence-corrected chi connectivity index (χ3v) is 5.53. The summed E-state index contributed by atoms with van der Waals surface area (Å²) < 4.78 is 15.7. The molecule has 5 N–H and O–H groups in total. The Balaban J connectivity index is 1.66. The average Bonchev–Trinajstić information content (AvgIpc) is 2.79. The van der Waals surface area contributed by atoms with Gasteiger partial charge in [0.2, 0.25) is 6.29 Å². The van der Waals surface area contributed by atoms with Crippen molar-refractivity contribution < 1.29 is 49.3 Å². The number of aliphatic hydroxyl groups is 4. The Morgan fingerprint density at radius 2 is 1.47 bits per heavy atom. The predicted octanol–water partition coefficient (Wildman–Crippen LogP) is 1.01. The van der Waals surface area contributed by atoms with Gasteiger partial charge in [0.1, 0.15) is 30.2 Å². The highest BCUT2D eigenvalue weighted by molar-refractivity contribution is 6.30. The number of carbonyl (C=O) groups excluding carboxylic acids is 1. The first-order valence-electron chi connectivity index (χ1n) is 10.3. The van der Waals surface area contributed by atoms with Gasteiger partial charge in [-0.05, 0) is 49.2 Å². The fourth-order valence-electron chi connectivity index (χ4n) is 3.29. The lowest BCUT2D eigenvalue weighted by molar-refractivity contribution is -0.289. The van der Waals surface area contributed by atoms with E-state index in [9.17, 15) is 30.0 Å². The zero-order valence-corrected chi connectivity index (χ0v) is 19.0. The summed E-state index contributed by atoms with van der Waals surface area (Å²) in [6.45, 7) is 2.75. The van der Waals surface area contributed by atoms with Crippen LogP contribution in [-0.4, -0.2) is 73.8 Å². The van der Waals surface area contributed by atoms with E-state index in [4.69, 9.17) is 30.9 Å². The molecule has 0 aliphatic carbocycles. The number of ether oxygens (including phenoxy) is 3. The summed E-state index contributed by atoms with van der Waals surface area (Å²) in [5.74, 6) is -2.36. The van der Waals surface area contributed by atoms with Gasteiger partial charge < -0.3 is 39.7 Å². The van der Waals surface area contributed by atoms with Crippen LogP contribution in [-0.2, 0) is 19.1 Å². The van der Waals surface area contributed by atoms with Crippen LogP contribution in [0.5, 0.6) is 5.75 Å². The predicted molar refractivity (Wildman–Crippen MR) is 117 cm³/mol. The van der Waals surface area contributed by atoms with Gasteiger partial charge in [0.15, 0.2) is 11.7 Å². The minimum Gasteiger partial charge on any atom is -0.479 e. The standard InChI is InChI=1S/C23H25ClO10/c1-23(2,22(31)33-21-18(28)16(26)17(27)19(32-21)20(29)30)34-14-9-5-12(6-10-14)15(25)11-3-7-13(24)8-4-11/h3-10,15-19,21,25-28H,1-2H3,(H,29,30)/t15-,16-,17-,18+,19-,21-/m1/s1. The van der Waals surface area contributed by atoms with Crippen LogP contribution >= 0.6 is 11.6 Å². The average molecular weight is 497 g/mol. The summed E-state index contributed by atoms with van der Waals surface area (Å²) in [5, 5.41) is 49.8. The summed E-state index contributed by atoms with van der Waals surface area (Å²) >= 11 is 5.87. The van der Waals surface area contributed by atoms with E-state index < -0.39 is 54.3 Å². The maximum absolute atomic E-state index is 12.7. The molecule has 1 aliphatic heterocycles. The highest BCUT2D eigenvalue weighted by Crippen LogP contribution is 2.28. The second-order valence-electron chi connectivity index (χ2n) is 8.28. The maximum atomic E-state index is 12.7. The highest BCUT2D eigenvalue weighted by Gasteiger charge is 2.49. The van der Waals surface area contributed by atoms with Gasteiger partial charge in [-0.25, -0.2) is 9.59 Å². The highest BCUT2D eigenvalue weighted by atomic mass is 35.5. The van der Waals surface area contributed by atoms with Gasteiger partial charge in [-0.15, -0.1) is 0 Å². The first-order chi connectivity index (χ1) is 15.9. The Hall–Kier alpha value is -2.73. The van der Waals surface area contributed by atoms with Crippen molar-refractivity contribution in [2.75, 3.05) is 0 Å². The van der Waals surface area contributed by atoms with Crippen molar-refractivity contribution in [3.8, 4) is 5.75 Å². The van der Waals surface area contributed by atoms with Crippen molar-refractivity contribution in [1.82, 2.24) is 0 Å². The molecule has 11 heteroatoms. The topological polar surface area (TPSA) is 163 Å². The van der Waals surface area contributed by atoms with Crippen LogP contribution in [0.4, 0.5) is 0 Å². The van der Waals surface area contributed by atoms with Crippen molar-refractivity contribution in [1.29, 1.82) is 0 Å². The van der Waals surface area contributed by atoms with Crippen LogP contribution in [0.25, 0.3) is 0 Å². The van der Waals surface area contributed by atoms with Crippen LogP contribution in [0.1, 0.15) is 31.1 Å². The minimum atomic E-state index is -1.91. The molecule has 1 aliphatic rings. The molecule has 10 nitrogen and oxygen atoms in total. The van der Waals surface area contributed by atoms with E-state index in [0.717, 1.165) is 0 Å². The lowest BCUT2D eigenvalue weighted by atomic mass is 9.99. The van der Waals surface area contributed by atoms with Crippen molar-refractivity contribution in [3.63, 3.8) is 0 Å². The number of carboxylic acids is 1. The summed E-state index contributed by atoms with van der Waals surface area (Å²) in [6.07, 6.45) is -10.3. The first kappa shape index (κ1) is 25.9. The number of carbonyl (C=O) groups is 2. The molecule has 1 heterocycles. The number of esters is 1. The Kier molecular flexibility index (Phi) is 7.81. The number of hydrogen-bond acceptors (Lipinski definition) is 9. The van der Waals surface area contributed by atoms with E-state index in [2.05, 4.69) is 0 Å². The zero-order chi connectivity index (χ0) is 25.2. The van der Waals surface area contributed by atoms with Crippen LogP contribution in [0.15, 0.2) is 48.5 Å². The largest absolute Gasteiger partial charge is 0.479 e. The van der Waals surface area contributed by atoms with Crippen LogP contribution < -0.4 is 4.74 Å². The van der Waals surface area contributed by atoms with E-state index >= 15 is 0 Å². The Morgan fingerprint density at radius 3 is 2.00 bits per heavy atom. The molecule has 6 atom stereocenters. The summed E-state index contributed by atoms with van der Waals surface area (Å²) in [5.41, 5.74) is -0.403. The van der Waals surface area contributed by atoms with Crippen LogP contribution in [0, 0.1) is 0 Å². The van der Waals surface area contributed by atoms with Crippen LogP contribution in [0.2, 0.25) is 5.02 Å². The molecule has 2 aromatic rings. The molecule has 3 rings (SSSR count). The molecule has 184 valence electrons. The van der Waals surface area contributed by atoms with Crippen molar-refractivity contribution >= 4 is 23.5 Å². The molecule has 0 aromatic heterocycles.